The molecule has 2 aromatic carbocycles. The summed E-state index contributed by atoms with van der Waals surface area (Å²) in [7, 11) is 0. The molecule has 2 fully saturated rings. The fraction of sp³-hybridized carbons (Fsp3) is 0.429. The van der Waals surface area contributed by atoms with Gasteiger partial charge in [-0.2, -0.15) is 5.10 Å². The van der Waals surface area contributed by atoms with Gasteiger partial charge in [-0.25, -0.2) is 4.39 Å². The van der Waals surface area contributed by atoms with E-state index in [0.717, 1.165) is 79.7 Å². The average Bonchev–Trinajstić information content (AvgIpc) is 3.62. The number of hydrogen-bond acceptors (Lipinski definition) is 4. The number of carbonyl (C=O) groups is 1. The maximum atomic E-state index is 13.6. The fourth-order valence-corrected chi connectivity index (χ4v) is 5.38. The van der Waals surface area contributed by atoms with Crippen molar-refractivity contribution in [2.45, 2.75) is 57.5 Å². The second kappa shape index (κ2) is 9.11. The number of halogens is 1. The topological polar surface area (TPSA) is 59.4 Å². The predicted molar refractivity (Wildman–Crippen MR) is 133 cm³/mol. The smallest absolute Gasteiger partial charge is 0.230 e. The highest BCUT2D eigenvalue weighted by Crippen LogP contribution is 2.46. The van der Waals surface area contributed by atoms with Crippen molar-refractivity contribution in [3.8, 4) is 22.6 Å². The molecule has 0 spiro atoms. The van der Waals surface area contributed by atoms with E-state index in [1.54, 1.807) is 12.1 Å². The Kier molecular flexibility index (Phi) is 5.80. The molecule has 1 amide bonds. The zero-order valence-electron chi connectivity index (χ0n) is 20.0. The molecule has 35 heavy (non-hydrogen) atoms. The molecule has 3 aromatic rings. The Morgan fingerprint density at radius 1 is 1.06 bits per heavy atom. The van der Waals surface area contributed by atoms with Gasteiger partial charge in [0.25, 0.3) is 0 Å². The first-order valence-corrected chi connectivity index (χ1v) is 12.8. The minimum atomic E-state index is -0.300. The molecule has 3 heterocycles. The number of amides is 1. The lowest BCUT2D eigenvalue weighted by molar-refractivity contribution is -0.120. The quantitative estimate of drug-likeness (QED) is 0.532. The van der Waals surface area contributed by atoms with Crippen LogP contribution in [-0.4, -0.2) is 34.8 Å². The SMILES string of the molecule is C[C@H]1CCc2c(ccc(-c3cnn(C4CCNCC4)c3)c2Oc2ccc(F)cc2)N1C(=O)C1CC1. The van der Waals surface area contributed by atoms with E-state index in [1.165, 1.54) is 12.1 Å². The zero-order valence-corrected chi connectivity index (χ0v) is 20.0. The molecule has 3 aliphatic rings. The van der Waals surface area contributed by atoms with Crippen molar-refractivity contribution in [3.05, 3.63) is 60.2 Å². The third-order valence-corrected chi connectivity index (χ3v) is 7.54. The van der Waals surface area contributed by atoms with E-state index in [0.29, 0.717) is 11.8 Å². The summed E-state index contributed by atoms with van der Waals surface area (Å²) in [5.41, 5.74) is 3.91. The lowest BCUT2D eigenvalue weighted by Crippen LogP contribution is -2.43. The minimum Gasteiger partial charge on any atom is -0.456 e. The molecule has 1 aliphatic carbocycles. The normalized spacial score (nSPS) is 20.5. The molecule has 2 aliphatic heterocycles. The Bertz CT molecular complexity index is 1230. The van der Waals surface area contributed by atoms with E-state index in [4.69, 9.17) is 9.84 Å². The number of fused-ring (bicyclic) bond motifs is 1. The Labute approximate surface area is 205 Å². The zero-order chi connectivity index (χ0) is 23.9. The molecule has 6 rings (SSSR count). The van der Waals surface area contributed by atoms with Crippen LogP contribution in [0.2, 0.25) is 0 Å². The van der Waals surface area contributed by atoms with Gasteiger partial charge in [0.2, 0.25) is 5.91 Å². The van der Waals surface area contributed by atoms with Crippen LogP contribution in [0.4, 0.5) is 10.1 Å². The van der Waals surface area contributed by atoms with Gasteiger partial charge in [-0.1, -0.05) is 0 Å². The van der Waals surface area contributed by atoms with Crippen LogP contribution in [0.25, 0.3) is 11.1 Å². The Morgan fingerprint density at radius 2 is 1.83 bits per heavy atom. The lowest BCUT2D eigenvalue weighted by Gasteiger charge is -2.36. The van der Waals surface area contributed by atoms with E-state index in [-0.39, 0.29) is 23.7 Å². The summed E-state index contributed by atoms with van der Waals surface area (Å²) in [4.78, 5) is 15.2. The number of nitrogens with one attached hydrogen (secondary N) is 1. The Balaban J connectivity index is 1.43. The van der Waals surface area contributed by atoms with Crippen molar-refractivity contribution < 1.29 is 13.9 Å². The van der Waals surface area contributed by atoms with Gasteiger partial charge in [-0.3, -0.25) is 9.48 Å². The van der Waals surface area contributed by atoms with E-state index >= 15 is 0 Å². The summed E-state index contributed by atoms with van der Waals surface area (Å²) in [5.74, 6) is 1.38. The molecule has 182 valence electrons. The number of anilines is 1. The predicted octanol–water partition coefficient (Wildman–Crippen LogP) is 5.48. The molecule has 6 nitrogen and oxygen atoms in total. The molecule has 1 N–H and O–H groups in total. The Morgan fingerprint density at radius 3 is 2.57 bits per heavy atom. The second-order valence-corrected chi connectivity index (χ2v) is 10.1. The number of hydrogen-bond donors (Lipinski definition) is 1. The number of carbonyl (C=O) groups excluding carboxylic acids is 1. The van der Waals surface area contributed by atoms with Crippen molar-refractivity contribution in [2.24, 2.45) is 5.92 Å². The standard InChI is InChI=1S/C28H31FN4O2/c1-18-2-9-25-26(33(18)28(34)19-3-4-19)11-10-24(27(25)35-23-7-5-21(29)6-8-23)20-16-31-32(17-20)22-12-14-30-15-13-22/h5-8,10-11,16-19,22,30H,2-4,9,12-15H2,1H3/t18-/m0/s1. The Hall–Kier alpha value is -3.19. The van der Waals surface area contributed by atoms with Crippen LogP contribution in [-0.2, 0) is 11.2 Å². The van der Waals surface area contributed by atoms with Gasteiger partial charge >= 0.3 is 0 Å². The van der Waals surface area contributed by atoms with E-state index in [9.17, 15) is 9.18 Å². The van der Waals surface area contributed by atoms with Crippen LogP contribution in [0, 0.1) is 11.7 Å². The van der Waals surface area contributed by atoms with Gasteiger partial charge in [0, 0.05) is 34.8 Å². The van der Waals surface area contributed by atoms with Gasteiger partial charge in [0.1, 0.15) is 17.3 Å². The van der Waals surface area contributed by atoms with Crippen LogP contribution >= 0.6 is 0 Å². The molecular formula is C28H31FN4O2. The first-order valence-electron chi connectivity index (χ1n) is 12.8. The van der Waals surface area contributed by atoms with Crippen molar-refractivity contribution in [1.29, 1.82) is 0 Å². The maximum Gasteiger partial charge on any atom is 0.230 e. The van der Waals surface area contributed by atoms with Crippen molar-refractivity contribution >= 4 is 11.6 Å². The second-order valence-electron chi connectivity index (χ2n) is 10.1. The highest BCUT2D eigenvalue weighted by atomic mass is 19.1. The molecule has 7 heteroatoms. The summed E-state index contributed by atoms with van der Waals surface area (Å²) in [6.07, 6.45) is 9.77. The number of piperidine rings is 1. The van der Waals surface area contributed by atoms with Crippen molar-refractivity contribution in [3.63, 3.8) is 0 Å². The van der Waals surface area contributed by atoms with E-state index in [2.05, 4.69) is 29.2 Å². The monoisotopic (exact) mass is 474 g/mol. The third kappa shape index (κ3) is 4.33. The molecule has 1 atom stereocenters. The van der Waals surface area contributed by atoms with E-state index < -0.39 is 0 Å². The average molecular weight is 475 g/mol. The van der Waals surface area contributed by atoms with Crippen LogP contribution < -0.4 is 15.0 Å². The molecule has 1 aromatic heterocycles. The molecule has 0 unspecified atom stereocenters. The molecule has 1 saturated heterocycles. The first kappa shape index (κ1) is 22.3. The van der Waals surface area contributed by atoms with Crippen LogP contribution in [0.3, 0.4) is 0 Å². The van der Waals surface area contributed by atoms with Crippen molar-refractivity contribution in [1.82, 2.24) is 15.1 Å². The van der Waals surface area contributed by atoms with Crippen LogP contribution in [0.5, 0.6) is 11.5 Å². The van der Waals surface area contributed by atoms with Gasteiger partial charge in [-0.15, -0.1) is 0 Å². The highest BCUT2D eigenvalue weighted by Gasteiger charge is 2.39. The number of aromatic nitrogens is 2. The van der Waals surface area contributed by atoms with Gasteiger partial charge in [-0.05, 0) is 94.9 Å². The summed E-state index contributed by atoms with van der Waals surface area (Å²) in [5, 5.41) is 8.10. The summed E-state index contributed by atoms with van der Waals surface area (Å²) in [6, 6.07) is 10.8. The first-order chi connectivity index (χ1) is 17.1. The molecule has 0 radical (unpaired) electrons. The largest absolute Gasteiger partial charge is 0.456 e. The van der Waals surface area contributed by atoms with Gasteiger partial charge in [0.15, 0.2) is 0 Å². The molecule has 0 bridgehead atoms. The van der Waals surface area contributed by atoms with Gasteiger partial charge in [0.05, 0.1) is 17.9 Å². The number of nitrogens with zero attached hydrogens (tertiary/aromatic N) is 3. The summed E-state index contributed by atoms with van der Waals surface area (Å²) >= 11 is 0. The van der Waals surface area contributed by atoms with Crippen LogP contribution in [0.15, 0.2) is 48.8 Å². The highest BCUT2D eigenvalue weighted by molar-refractivity contribution is 5.99. The molecule has 1 saturated carbocycles. The lowest BCUT2D eigenvalue weighted by atomic mass is 9.92. The number of ether oxygens (including phenoxy) is 1. The van der Waals surface area contributed by atoms with Gasteiger partial charge < -0.3 is 15.0 Å². The maximum absolute atomic E-state index is 13.6. The van der Waals surface area contributed by atoms with Crippen molar-refractivity contribution in [2.75, 3.05) is 18.0 Å². The fourth-order valence-electron chi connectivity index (χ4n) is 5.38. The molecular weight excluding hydrogens is 443 g/mol. The van der Waals surface area contributed by atoms with Crippen LogP contribution in [0.1, 0.15) is 50.6 Å². The number of benzene rings is 2. The summed E-state index contributed by atoms with van der Waals surface area (Å²) in [6.45, 7) is 4.13. The third-order valence-electron chi connectivity index (χ3n) is 7.54. The number of rotatable bonds is 5. The minimum absolute atomic E-state index is 0.146. The summed E-state index contributed by atoms with van der Waals surface area (Å²) < 4.78 is 22.1. The van der Waals surface area contributed by atoms with E-state index in [1.807, 2.05) is 17.2 Å².